The van der Waals surface area contributed by atoms with Crippen LogP contribution in [0.3, 0.4) is 0 Å². The van der Waals surface area contributed by atoms with E-state index in [-0.39, 0.29) is 12.6 Å². The van der Waals surface area contributed by atoms with Crippen molar-refractivity contribution in [2.75, 3.05) is 19.0 Å². The number of carboxylic acids is 1. The zero-order valence-electron chi connectivity index (χ0n) is 18.1. The van der Waals surface area contributed by atoms with Gasteiger partial charge in [0.25, 0.3) is 0 Å². The van der Waals surface area contributed by atoms with Gasteiger partial charge >= 0.3 is 5.97 Å². The smallest absolute Gasteiger partial charge is 0.346 e. The Balaban J connectivity index is 1.39. The summed E-state index contributed by atoms with van der Waals surface area (Å²) in [5.74, 6) is 0.210. The maximum absolute atomic E-state index is 11.2. The predicted molar refractivity (Wildman–Crippen MR) is 118 cm³/mol. The first kappa shape index (κ1) is 21.2. The summed E-state index contributed by atoms with van der Waals surface area (Å²) in [4.78, 5) is 11.2. The van der Waals surface area contributed by atoms with Gasteiger partial charge in [-0.15, -0.1) is 0 Å². The van der Waals surface area contributed by atoms with Crippen LogP contribution in [0.2, 0.25) is 0 Å². The van der Waals surface area contributed by atoms with Crippen LogP contribution in [0.4, 0.5) is 5.69 Å². The molecule has 7 nitrogen and oxygen atoms in total. The molecule has 1 saturated carbocycles. The number of ether oxygens (including phenoxy) is 3. The van der Waals surface area contributed by atoms with Gasteiger partial charge in [0.2, 0.25) is 6.10 Å². The van der Waals surface area contributed by atoms with E-state index >= 15 is 0 Å². The van der Waals surface area contributed by atoms with Crippen LogP contribution < -0.4 is 10.1 Å². The maximum atomic E-state index is 11.2. The minimum atomic E-state index is -0.969. The Morgan fingerprint density at radius 3 is 2.78 bits per heavy atom. The second kappa shape index (κ2) is 8.73. The fourth-order valence-electron chi connectivity index (χ4n) is 4.68. The van der Waals surface area contributed by atoms with Gasteiger partial charge in [0, 0.05) is 20.0 Å². The number of nitrogens with one attached hydrogen (secondary N) is 1. The lowest BCUT2D eigenvalue weighted by Gasteiger charge is -2.32. The van der Waals surface area contributed by atoms with Crippen molar-refractivity contribution in [3.05, 3.63) is 58.7 Å². The second-order valence-electron chi connectivity index (χ2n) is 8.98. The molecule has 32 heavy (non-hydrogen) atoms. The number of carbonyl (C=O) groups is 1. The van der Waals surface area contributed by atoms with Gasteiger partial charge < -0.3 is 29.7 Å². The van der Waals surface area contributed by atoms with E-state index in [1.165, 1.54) is 24.0 Å². The third kappa shape index (κ3) is 4.46. The topological polar surface area (TPSA) is 97.3 Å². The number of fused-ring (bicyclic) bond motifs is 1. The maximum Gasteiger partial charge on any atom is 0.346 e. The Hall–Kier alpha value is -2.61. The monoisotopic (exact) mass is 439 g/mol. The average molecular weight is 440 g/mol. The quantitative estimate of drug-likeness (QED) is 0.633. The Morgan fingerprint density at radius 2 is 2.03 bits per heavy atom. The number of benzene rings is 2. The van der Waals surface area contributed by atoms with E-state index < -0.39 is 24.5 Å². The van der Waals surface area contributed by atoms with E-state index in [4.69, 9.17) is 14.2 Å². The number of anilines is 1. The summed E-state index contributed by atoms with van der Waals surface area (Å²) < 4.78 is 17.0. The Morgan fingerprint density at radius 1 is 1.19 bits per heavy atom. The first-order valence-electron chi connectivity index (χ1n) is 11.3. The van der Waals surface area contributed by atoms with Crippen LogP contribution in [0.1, 0.15) is 60.0 Å². The summed E-state index contributed by atoms with van der Waals surface area (Å²) in [6, 6.07) is 12.4. The number of aliphatic hydroxyl groups is 1. The standard InChI is InChI=1S/C25H29NO6/c1-30-24-12-18(27)11-22(32-24)16-5-6-19(15-3-4-15)17(10-16)8-14-2-7-21-20(9-14)26-13-23(31-21)25(28)29/h2,5-7,9-10,15,18,22-24,26-27H,3-4,8,11-13H2,1H3,(H,28,29). The van der Waals surface area contributed by atoms with Crippen LogP contribution in [0.25, 0.3) is 0 Å². The molecular weight excluding hydrogens is 410 g/mol. The number of rotatable bonds is 6. The molecule has 0 amide bonds. The molecule has 5 rings (SSSR count). The van der Waals surface area contributed by atoms with Crippen molar-refractivity contribution < 1.29 is 29.2 Å². The van der Waals surface area contributed by atoms with E-state index in [0.717, 1.165) is 23.2 Å². The van der Waals surface area contributed by atoms with Gasteiger partial charge in [0.05, 0.1) is 24.4 Å². The van der Waals surface area contributed by atoms with Crippen molar-refractivity contribution in [2.45, 2.75) is 62.6 Å². The van der Waals surface area contributed by atoms with E-state index in [1.807, 2.05) is 18.2 Å². The van der Waals surface area contributed by atoms with Crippen molar-refractivity contribution in [3.8, 4) is 5.75 Å². The summed E-state index contributed by atoms with van der Waals surface area (Å²) in [7, 11) is 1.61. The summed E-state index contributed by atoms with van der Waals surface area (Å²) in [5.41, 5.74) is 5.66. The molecule has 2 heterocycles. The van der Waals surface area contributed by atoms with Crippen molar-refractivity contribution >= 4 is 11.7 Å². The van der Waals surface area contributed by atoms with Gasteiger partial charge in [-0.3, -0.25) is 0 Å². The third-order valence-corrected chi connectivity index (χ3v) is 6.55. The molecule has 2 fully saturated rings. The highest BCUT2D eigenvalue weighted by molar-refractivity contribution is 5.76. The van der Waals surface area contributed by atoms with E-state index in [0.29, 0.717) is 24.5 Å². The summed E-state index contributed by atoms with van der Waals surface area (Å²) >= 11 is 0. The highest BCUT2D eigenvalue weighted by Gasteiger charge is 2.31. The molecule has 2 aliphatic heterocycles. The lowest BCUT2D eigenvalue weighted by molar-refractivity contribution is -0.205. The number of methoxy groups -OCH3 is 1. The first-order chi connectivity index (χ1) is 15.5. The molecule has 0 aromatic heterocycles. The van der Waals surface area contributed by atoms with Crippen LogP contribution in [0.5, 0.6) is 5.75 Å². The predicted octanol–water partition coefficient (Wildman–Crippen LogP) is 3.60. The first-order valence-corrected chi connectivity index (χ1v) is 11.3. The van der Waals surface area contributed by atoms with Crippen molar-refractivity contribution in [3.63, 3.8) is 0 Å². The van der Waals surface area contributed by atoms with E-state index in [9.17, 15) is 15.0 Å². The molecule has 170 valence electrons. The number of hydrogen-bond acceptors (Lipinski definition) is 6. The number of aliphatic hydroxyl groups excluding tert-OH is 1. The molecular formula is C25H29NO6. The third-order valence-electron chi connectivity index (χ3n) is 6.55. The minimum Gasteiger partial charge on any atom is -0.478 e. The van der Waals surface area contributed by atoms with E-state index in [1.54, 1.807) is 7.11 Å². The summed E-state index contributed by atoms with van der Waals surface area (Å²) in [6.07, 6.45) is 2.36. The van der Waals surface area contributed by atoms with Crippen molar-refractivity contribution in [2.24, 2.45) is 0 Å². The van der Waals surface area contributed by atoms with Crippen LogP contribution in [-0.2, 0) is 20.7 Å². The molecule has 4 atom stereocenters. The van der Waals surface area contributed by atoms with Crippen LogP contribution in [-0.4, -0.2) is 48.3 Å². The zero-order chi connectivity index (χ0) is 22.2. The molecule has 4 unspecified atom stereocenters. The van der Waals surface area contributed by atoms with Gasteiger partial charge in [-0.2, -0.15) is 0 Å². The van der Waals surface area contributed by atoms with Gasteiger partial charge in [-0.1, -0.05) is 24.3 Å². The zero-order valence-corrected chi connectivity index (χ0v) is 18.1. The highest BCUT2D eigenvalue weighted by atomic mass is 16.7. The van der Waals surface area contributed by atoms with Crippen LogP contribution in [0.15, 0.2) is 36.4 Å². The summed E-state index contributed by atoms with van der Waals surface area (Å²) in [5, 5.41) is 22.6. The Labute approximate surface area is 187 Å². The van der Waals surface area contributed by atoms with Gasteiger partial charge in [0.15, 0.2) is 6.29 Å². The Kier molecular flexibility index (Phi) is 5.80. The lowest BCUT2D eigenvalue weighted by Crippen LogP contribution is -2.37. The number of carboxylic acid groups (broad SMARTS) is 1. The van der Waals surface area contributed by atoms with Gasteiger partial charge in [-0.05, 0) is 59.6 Å². The molecule has 7 heteroatoms. The fourth-order valence-corrected chi connectivity index (χ4v) is 4.68. The fraction of sp³-hybridized carbons (Fsp3) is 0.480. The van der Waals surface area contributed by atoms with Crippen molar-refractivity contribution in [1.82, 2.24) is 0 Å². The molecule has 0 radical (unpaired) electrons. The number of hydrogen-bond donors (Lipinski definition) is 3. The molecule has 2 aromatic carbocycles. The Bertz CT molecular complexity index is 1000. The van der Waals surface area contributed by atoms with Crippen LogP contribution in [0, 0.1) is 0 Å². The largest absolute Gasteiger partial charge is 0.478 e. The summed E-state index contributed by atoms with van der Waals surface area (Å²) in [6.45, 7) is 0.247. The molecule has 1 aliphatic carbocycles. The normalized spacial score (nSPS) is 27.2. The molecule has 2 aromatic rings. The number of aliphatic carboxylic acids is 1. The molecule has 3 aliphatic rings. The van der Waals surface area contributed by atoms with Crippen molar-refractivity contribution in [1.29, 1.82) is 0 Å². The highest BCUT2D eigenvalue weighted by Crippen LogP contribution is 2.44. The minimum absolute atomic E-state index is 0.192. The van der Waals surface area contributed by atoms with Crippen LogP contribution >= 0.6 is 0 Å². The van der Waals surface area contributed by atoms with Gasteiger partial charge in [0.1, 0.15) is 5.75 Å². The van der Waals surface area contributed by atoms with Gasteiger partial charge in [-0.25, -0.2) is 4.79 Å². The van der Waals surface area contributed by atoms with E-state index in [2.05, 4.69) is 23.5 Å². The molecule has 3 N–H and O–H groups in total. The molecule has 0 bridgehead atoms. The second-order valence-corrected chi connectivity index (χ2v) is 8.98. The molecule has 0 spiro atoms. The lowest BCUT2D eigenvalue weighted by atomic mass is 9.91. The SMILES string of the molecule is COC1CC(O)CC(c2ccc(C3CC3)c(Cc3ccc4c(c3)NCC(C(=O)O)O4)c2)O1. The average Bonchev–Trinajstić information content (AvgIpc) is 3.63. The molecule has 1 saturated heterocycles.